The lowest BCUT2D eigenvalue weighted by molar-refractivity contribution is 0.170. The molecule has 0 amide bonds. The van der Waals surface area contributed by atoms with Crippen LogP contribution in [0.5, 0.6) is 0 Å². The van der Waals surface area contributed by atoms with Crippen LogP contribution in [-0.2, 0) is 0 Å². The van der Waals surface area contributed by atoms with E-state index in [9.17, 15) is 5.26 Å². The summed E-state index contributed by atoms with van der Waals surface area (Å²) >= 11 is 0. The molecule has 0 spiro atoms. The second-order valence-corrected chi connectivity index (χ2v) is 5.62. The van der Waals surface area contributed by atoms with Crippen LogP contribution < -0.4 is 4.90 Å². The third-order valence-corrected chi connectivity index (χ3v) is 4.12. The molecule has 1 aliphatic heterocycles. The van der Waals surface area contributed by atoms with Crippen molar-refractivity contribution in [2.45, 2.75) is 39.8 Å². The van der Waals surface area contributed by atoms with E-state index < -0.39 is 0 Å². The fourth-order valence-corrected chi connectivity index (χ4v) is 2.80. The molecule has 1 aromatic heterocycles. The Morgan fingerprint density at radius 3 is 2.37 bits per heavy atom. The smallest absolute Gasteiger partial charge is 0.103 e. The van der Waals surface area contributed by atoms with Gasteiger partial charge in [-0.05, 0) is 40.8 Å². The summed E-state index contributed by atoms with van der Waals surface area (Å²) in [6.07, 6.45) is 0. The highest BCUT2D eigenvalue weighted by atomic mass is 15.3. The lowest BCUT2D eigenvalue weighted by atomic mass is 10.1. The lowest BCUT2D eigenvalue weighted by Gasteiger charge is -2.43. The first-order chi connectivity index (χ1) is 8.93. The molecule has 0 aliphatic carbocycles. The quantitative estimate of drug-likeness (QED) is 0.773. The van der Waals surface area contributed by atoms with Crippen molar-refractivity contribution in [1.29, 1.82) is 5.26 Å². The Morgan fingerprint density at radius 2 is 1.84 bits per heavy atom. The Kier molecular flexibility index (Phi) is 3.77. The van der Waals surface area contributed by atoms with Crippen LogP contribution in [0.4, 0.5) is 5.69 Å². The van der Waals surface area contributed by atoms with Gasteiger partial charge in [-0.2, -0.15) is 5.26 Å². The van der Waals surface area contributed by atoms with Crippen LogP contribution in [0.15, 0.2) is 6.07 Å². The van der Waals surface area contributed by atoms with Gasteiger partial charge in [0, 0.05) is 30.9 Å². The molecule has 1 saturated heterocycles. The number of piperazine rings is 1. The molecule has 4 nitrogen and oxygen atoms in total. The van der Waals surface area contributed by atoms with Gasteiger partial charge >= 0.3 is 0 Å². The molecule has 2 heterocycles. The van der Waals surface area contributed by atoms with Crippen LogP contribution in [0.25, 0.3) is 0 Å². The summed E-state index contributed by atoms with van der Waals surface area (Å²) in [6.45, 7) is 10.3. The molecule has 0 bridgehead atoms. The summed E-state index contributed by atoms with van der Waals surface area (Å²) in [5, 5.41) is 9.38. The largest absolute Gasteiger partial charge is 0.367 e. The zero-order valence-electron chi connectivity index (χ0n) is 12.4. The lowest BCUT2D eigenvalue weighted by Crippen LogP contribution is -2.55. The van der Waals surface area contributed by atoms with Crippen LogP contribution in [0.1, 0.15) is 30.8 Å². The Hall–Kier alpha value is -1.60. The van der Waals surface area contributed by atoms with E-state index in [0.29, 0.717) is 12.1 Å². The van der Waals surface area contributed by atoms with Gasteiger partial charge in [0.15, 0.2) is 0 Å². The van der Waals surface area contributed by atoms with Gasteiger partial charge in [-0.15, -0.1) is 0 Å². The fraction of sp³-hybridized carbons (Fsp3) is 0.600. The molecular weight excluding hydrogens is 236 g/mol. The van der Waals surface area contributed by atoms with Gasteiger partial charge in [0.25, 0.3) is 0 Å². The third-order valence-electron chi connectivity index (χ3n) is 4.12. The average molecular weight is 258 g/mol. The van der Waals surface area contributed by atoms with Gasteiger partial charge in [0.2, 0.25) is 0 Å². The molecule has 1 aliphatic rings. The van der Waals surface area contributed by atoms with Gasteiger partial charge in [-0.25, -0.2) is 0 Å². The number of aryl methyl sites for hydroxylation is 2. The Morgan fingerprint density at radius 1 is 1.26 bits per heavy atom. The van der Waals surface area contributed by atoms with Crippen molar-refractivity contribution in [2.75, 3.05) is 25.0 Å². The molecule has 0 aromatic carbocycles. The van der Waals surface area contributed by atoms with E-state index in [1.165, 1.54) is 0 Å². The van der Waals surface area contributed by atoms with Crippen LogP contribution >= 0.6 is 0 Å². The van der Waals surface area contributed by atoms with E-state index in [1.54, 1.807) is 0 Å². The highest BCUT2D eigenvalue weighted by Gasteiger charge is 2.28. The number of aromatic nitrogens is 1. The van der Waals surface area contributed by atoms with Gasteiger partial charge in [0.1, 0.15) is 6.07 Å². The predicted octanol–water partition coefficient (Wildman–Crippen LogP) is 2.10. The number of nitriles is 1. The zero-order valence-corrected chi connectivity index (χ0v) is 12.4. The Balaban J connectivity index is 2.40. The summed E-state index contributed by atoms with van der Waals surface area (Å²) in [6, 6.07) is 5.33. The van der Waals surface area contributed by atoms with Gasteiger partial charge in [0.05, 0.1) is 16.9 Å². The van der Waals surface area contributed by atoms with Crippen molar-refractivity contribution in [3.05, 3.63) is 23.0 Å². The normalized spacial score (nSPS) is 24.3. The average Bonchev–Trinajstić information content (AvgIpc) is 2.34. The molecule has 4 heteroatoms. The maximum Gasteiger partial charge on any atom is 0.103 e. The SMILES string of the molecule is Cc1cc(N2CC(C)N(C)C(C)C2)c(C#N)c(C)n1. The highest BCUT2D eigenvalue weighted by molar-refractivity contribution is 5.62. The number of hydrogen-bond donors (Lipinski definition) is 0. The standard InChI is InChI=1S/C15H22N4/c1-10-6-15(14(7-16)13(4)17-10)19-8-11(2)18(5)12(3)9-19/h6,11-12H,8-9H2,1-5H3. The van der Waals surface area contributed by atoms with Crippen LogP contribution in [0.2, 0.25) is 0 Å². The summed E-state index contributed by atoms with van der Waals surface area (Å²) in [7, 11) is 2.17. The van der Waals surface area contributed by atoms with E-state index in [1.807, 2.05) is 19.9 Å². The van der Waals surface area contributed by atoms with Crippen LogP contribution in [0, 0.1) is 25.2 Å². The maximum absolute atomic E-state index is 9.38. The molecule has 2 rings (SSSR count). The summed E-state index contributed by atoms with van der Waals surface area (Å²) in [5.41, 5.74) is 3.57. The number of hydrogen-bond acceptors (Lipinski definition) is 4. The predicted molar refractivity (Wildman–Crippen MR) is 77.3 cm³/mol. The minimum Gasteiger partial charge on any atom is -0.367 e. The molecule has 19 heavy (non-hydrogen) atoms. The fourth-order valence-electron chi connectivity index (χ4n) is 2.80. The van der Waals surface area contributed by atoms with Crippen LogP contribution in [-0.4, -0.2) is 42.1 Å². The Bertz CT molecular complexity index is 506. The second-order valence-electron chi connectivity index (χ2n) is 5.62. The van der Waals surface area contributed by atoms with Gasteiger partial charge in [-0.3, -0.25) is 9.88 Å². The van der Waals surface area contributed by atoms with Gasteiger partial charge < -0.3 is 4.90 Å². The molecule has 0 radical (unpaired) electrons. The second kappa shape index (κ2) is 5.18. The monoisotopic (exact) mass is 258 g/mol. The third kappa shape index (κ3) is 2.57. The summed E-state index contributed by atoms with van der Waals surface area (Å²) < 4.78 is 0. The number of likely N-dealkylation sites (N-methyl/N-ethyl adjacent to an activating group) is 1. The van der Waals surface area contributed by atoms with Crippen molar-refractivity contribution >= 4 is 5.69 Å². The van der Waals surface area contributed by atoms with E-state index in [0.717, 1.165) is 35.7 Å². The molecule has 2 atom stereocenters. The van der Waals surface area contributed by atoms with E-state index in [2.05, 4.69) is 41.7 Å². The van der Waals surface area contributed by atoms with Crippen molar-refractivity contribution in [3.63, 3.8) is 0 Å². The molecular formula is C15H22N4. The first-order valence-corrected chi connectivity index (χ1v) is 6.79. The molecule has 102 valence electrons. The Labute approximate surface area is 115 Å². The first-order valence-electron chi connectivity index (χ1n) is 6.79. The number of rotatable bonds is 1. The minimum atomic E-state index is 0.490. The van der Waals surface area contributed by atoms with Gasteiger partial charge in [-0.1, -0.05) is 0 Å². The van der Waals surface area contributed by atoms with Crippen molar-refractivity contribution in [2.24, 2.45) is 0 Å². The number of pyridine rings is 1. The molecule has 1 fully saturated rings. The van der Waals surface area contributed by atoms with Crippen molar-refractivity contribution in [1.82, 2.24) is 9.88 Å². The minimum absolute atomic E-state index is 0.490. The topological polar surface area (TPSA) is 43.2 Å². The van der Waals surface area contributed by atoms with E-state index in [-0.39, 0.29) is 0 Å². The zero-order chi connectivity index (χ0) is 14.2. The highest BCUT2D eigenvalue weighted by Crippen LogP contribution is 2.27. The first kappa shape index (κ1) is 13.8. The number of nitrogens with zero attached hydrogens (tertiary/aromatic N) is 4. The summed E-state index contributed by atoms with van der Waals surface area (Å²) in [5.74, 6) is 0. The van der Waals surface area contributed by atoms with E-state index >= 15 is 0 Å². The van der Waals surface area contributed by atoms with Crippen molar-refractivity contribution < 1.29 is 0 Å². The molecule has 2 unspecified atom stereocenters. The molecule has 1 aromatic rings. The number of anilines is 1. The maximum atomic E-state index is 9.38. The van der Waals surface area contributed by atoms with Crippen LogP contribution in [0.3, 0.4) is 0 Å². The molecule has 0 saturated carbocycles. The summed E-state index contributed by atoms with van der Waals surface area (Å²) in [4.78, 5) is 9.11. The van der Waals surface area contributed by atoms with Crippen molar-refractivity contribution in [3.8, 4) is 6.07 Å². The van der Waals surface area contributed by atoms with E-state index in [4.69, 9.17) is 0 Å². The molecule has 0 N–H and O–H groups in total.